The van der Waals surface area contributed by atoms with Gasteiger partial charge in [0.15, 0.2) is 5.78 Å². The minimum absolute atomic E-state index is 0.0297. The van der Waals surface area contributed by atoms with Gasteiger partial charge >= 0.3 is 0 Å². The minimum Gasteiger partial charge on any atom is -0.496 e. The van der Waals surface area contributed by atoms with Crippen molar-refractivity contribution >= 4 is 17.2 Å². The number of nitro benzene ring substituents is 1. The molecule has 2 aromatic carbocycles. The summed E-state index contributed by atoms with van der Waals surface area (Å²) in [5.74, 6) is 0.0431. The third kappa shape index (κ3) is 4.28. The van der Waals surface area contributed by atoms with Gasteiger partial charge in [-0.25, -0.2) is 4.39 Å². The Labute approximate surface area is 162 Å². The molecule has 2 aromatic rings. The van der Waals surface area contributed by atoms with E-state index in [9.17, 15) is 19.3 Å². The van der Waals surface area contributed by atoms with E-state index in [1.165, 1.54) is 32.2 Å². The van der Waals surface area contributed by atoms with Gasteiger partial charge in [0.1, 0.15) is 11.6 Å². The normalized spacial score (nSPS) is 14.8. The van der Waals surface area contributed by atoms with Gasteiger partial charge in [0.25, 0.3) is 5.69 Å². The first-order valence-electron chi connectivity index (χ1n) is 8.98. The van der Waals surface area contributed by atoms with Crippen LogP contribution in [0.1, 0.15) is 22.8 Å². The fourth-order valence-electron chi connectivity index (χ4n) is 3.37. The third-order valence-corrected chi connectivity index (χ3v) is 4.94. The van der Waals surface area contributed by atoms with Crippen molar-refractivity contribution in [2.75, 3.05) is 38.2 Å². The van der Waals surface area contributed by atoms with Gasteiger partial charge in [0, 0.05) is 56.0 Å². The van der Waals surface area contributed by atoms with Crippen LogP contribution in [-0.2, 0) is 6.54 Å². The van der Waals surface area contributed by atoms with Crippen LogP contribution < -0.4 is 9.64 Å². The van der Waals surface area contributed by atoms with Gasteiger partial charge in [-0.3, -0.25) is 19.8 Å². The molecule has 1 fully saturated rings. The maximum Gasteiger partial charge on any atom is 0.270 e. The van der Waals surface area contributed by atoms with Crippen molar-refractivity contribution in [3.63, 3.8) is 0 Å². The van der Waals surface area contributed by atoms with Crippen LogP contribution in [0.25, 0.3) is 0 Å². The highest BCUT2D eigenvalue weighted by Crippen LogP contribution is 2.27. The van der Waals surface area contributed by atoms with Crippen molar-refractivity contribution in [1.82, 2.24) is 4.90 Å². The second-order valence-corrected chi connectivity index (χ2v) is 6.74. The average molecular weight is 387 g/mol. The molecule has 0 spiro atoms. The summed E-state index contributed by atoms with van der Waals surface area (Å²) in [5, 5.41) is 11.0. The summed E-state index contributed by atoms with van der Waals surface area (Å²) in [4.78, 5) is 26.1. The number of benzene rings is 2. The maximum atomic E-state index is 14.4. The smallest absolute Gasteiger partial charge is 0.270 e. The third-order valence-electron chi connectivity index (χ3n) is 4.94. The molecule has 148 valence electrons. The Balaban J connectivity index is 1.67. The molecule has 0 atom stereocenters. The van der Waals surface area contributed by atoms with Crippen LogP contribution in [0.2, 0.25) is 0 Å². The number of nitrogens with zero attached hydrogens (tertiary/aromatic N) is 3. The molecule has 0 radical (unpaired) electrons. The number of ketones is 1. The summed E-state index contributed by atoms with van der Waals surface area (Å²) in [6.07, 6.45) is 0. The van der Waals surface area contributed by atoms with Crippen LogP contribution in [0.4, 0.5) is 15.8 Å². The Morgan fingerprint density at radius 1 is 1.18 bits per heavy atom. The number of rotatable bonds is 6. The molecule has 1 heterocycles. The zero-order valence-corrected chi connectivity index (χ0v) is 15.9. The van der Waals surface area contributed by atoms with Crippen molar-refractivity contribution < 1.29 is 18.8 Å². The highest BCUT2D eigenvalue weighted by molar-refractivity contribution is 5.94. The molecule has 0 bridgehead atoms. The van der Waals surface area contributed by atoms with E-state index in [2.05, 4.69) is 4.90 Å². The molecular formula is C20H22FN3O4. The molecule has 8 heteroatoms. The number of halogens is 1. The molecule has 1 aliphatic heterocycles. The van der Waals surface area contributed by atoms with E-state index in [4.69, 9.17) is 4.74 Å². The van der Waals surface area contributed by atoms with E-state index in [0.717, 1.165) is 5.56 Å². The molecule has 0 aliphatic carbocycles. The quantitative estimate of drug-likeness (QED) is 0.430. The highest BCUT2D eigenvalue weighted by atomic mass is 19.1. The number of hydrogen-bond donors (Lipinski definition) is 0. The number of carbonyl (C=O) groups excluding carboxylic acids is 1. The number of Topliss-reactive ketones (excluding diaryl/α,β-unsaturated/α-hetero) is 1. The molecule has 7 nitrogen and oxygen atoms in total. The number of methoxy groups -OCH3 is 1. The van der Waals surface area contributed by atoms with Crippen molar-refractivity contribution in [2.24, 2.45) is 0 Å². The molecule has 1 aliphatic rings. The zero-order chi connectivity index (χ0) is 20.3. The predicted octanol–water partition coefficient (Wildman–Crippen LogP) is 3.27. The molecule has 1 saturated heterocycles. The van der Waals surface area contributed by atoms with Gasteiger partial charge in [-0.1, -0.05) is 0 Å². The molecular weight excluding hydrogens is 365 g/mol. The summed E-state index contributed by atoms with van der Waals surface area (Å²) in [7, 11) is 1.54. The Morgan fingerprint density at radius 2 is 1.89 bits per heavy atom. The average Bonchev–Trinajstić information content (AvgIpc) is 2.68. The molecule has 0 N–H and O–H groups in total. The summed E-state index contributed by atoms with van der Waals surface area (Å²) in [5.41, 5.74) is 1.62. The number of hydrogen-bond acceptors (Lipinski definition) is 6. The largest absolute Gasteiger partial charge is 0.496 e. The van der Waals surface area contributed by atoms with Crippen LogP contribution in [0.5, 0.6) is 5.75 Å². The Kier molecular flexibility index (Phi) is 5.89. The highest BCUT2D eigenvalue weighted by Gasteiger charge is 2.22. The Morgan fingerprint density at radius 3 is 2.46 bits per heavy atom. The maximum absolute atomic E-state index is 14.4. The SMILES string of the molecule is COc1ccc([N+](=O)[O-])cc1CN1CCN(c2ccc(C(C)=O)cc2F)CC1. The number of non-ortho nitro benzene ring substituents is 1. The number of piperazine rings is 1. The lowest BCUT2D eigenvalue weighted by Gasteiger charge is -2.36. The molecule has 28 heavy (non-hydrogen) atoms. The fraction of sp³-hybridized carbons (Fsp3) is 0.350. The van der Waals surface area contributed by atoms with Gasteiger partial charge in [-0.2, -0.15) is 0 Å². The van der Waals surface area contributed by atoms with E-state index in [0.29, 0.717) is 49.7 Å². The monoisotopic (exact) mass is 387 g/mol. The van der Waals surface area contributed by atoms with Crippen molar-refractivity contribution in [3.05, 3.63) is 63.5 Å². The first-order valence-corrected chi connectivity index (χ1v) is 8.98. The Hall–Kier alpha value is -3.00. The van der Waals surface area contributed by atoms with E-state index in [-0.39, 0.29) is 11.5 Å². The summed E-state index contributed by atoms with van der Waals surface area (Å²) >= 11 is 0. The molecule has 3 rings (SSSR count). The van der Waals surface area contributed by atoms with Crippen LogP contribution in [0.15, 0.2) is 36.4 Å². The lowest BCUT2D eigenvalue weighted by molar-refractivity contribution is -0.385. The fourth-order valence-corrected chi connectivity index (χ4v) is 3.37. The lowest BCUT2D eigenvalue weighted by Crippen LogP contribution is -2.46. The second kappa shape index (κ2) is 8.35. The molecule has 0 unspecified atom stereocenters. The molecule has 0 aromatic heterocycles. The number of ether oxygens (including phenoxy) is 1. The topological polar surface area (TPSA) is 75.9 Å². The van der Waals surface area contributed by atoms with Gasteiger partial charge in [0.05, 0.1) is 17.7 Å². The van der Waals surface area contributed by atoms with Crippen LogP contribution >= 0.6 is 0 Å². The van der Waals surface area contributed by atoms with Crippen LogP contribution in [0.3, 0.4) is 0 Å². The standard InChI is InChI=1S/C20H22FN3O4/c1-14(25)15-3-5-19(18(21)12-15)23-9-7-22(8-10-23)13-16-11-17(24(26)27)4-6-20(16)28-2/h3-6,11-12H,7-10,13H2,1-2H3. The number of carbonyl (C=O) groups is 1. The summed E-state index contributed by atoms with van der Waals surface area (Å²) in [6.45, 7) is 4.53. The van der Waals surface area contributed by atoms with Gasteiger partial charge < -0.3 is 9.64 Å². The second-order valence-electron chi connectivity index (χ2n) is 6.74. The first kappa shape index (κ1) is 19.8. The number of anilines is 1. The van der Waals surface area contributed by atoms with Crippen molar-refractivity contribution in [1.29, 1.82) is 0 Å². The van der Waals surface area contributed by atoms with Crippen molar-refractivity contribution in [2.45, 2.75) is 13.5 Å². The van der Waals surface area contributed by atoms with E-state index in [1.807, 2.05) is 4.90 Å². The van der Waals surface area contributed by atoms with Crippen molar-refractivity contribution in [3.8, 4) is 5.75 Å². The Bertz CT molecular complexity index is 895. The summed E-state index contributed by atoms with van der Waals surface area (Å²) in [6, 6.07) is 9.12. The lowest BCUT2D eigenvalue weighted by atomic mass is 10.1. The van der Waals surface area contributed by atoms with E-state index < -0.39 is 10.7 Å². The first-order chi connectivity index (χ1) is 13.4. The van der Waals surface area contributed by atoms with Gasteiger partial charge in [0.2, 0.25) is 0 Å². The van der Waals surface area contributed by atoms with Gasteiger partial charge in [-0.15, -0.1) is 0 Å². The number of nitro groups is 1. The van der Waals surface area contributed by atoms with Crippen LogP contribution in [-0.4, -0.2) is 48.9 Å². The zero-order valence-electron chi connectivity index (χ0n) is 15.9. The molecule has 0 saturated carbocycles. The van der Waals surface area contributed by atoms with E-state index in [1.54, 1.807) is 18.2 Å². The minimum atomic E-state index is -0.422. The predicted molar refractivity (Wildman–Crippen MR) is 104 cm³/mol. The summed E-state index contributed by atoms with van der Waals surface area (Å²) < 4.78 is 19.7. The van der Waals surface area contributed by atoms with Crippen LogP contribution in [0, 0.1) is 15.9 Å². The van der Waals surface area contributed by atoms with E-state index >= 15 is 0 Å². The van der Waals surface area contributed by atoms with Gasteiger partial charge in [-0.05, 0) is 31.2 Å². The molecule has 0 amide bonds.